The van der Waals surface area contributed by atoms with Crippen LogP contribution in [0.2, 0.25) is 0 Å². The number of carbonyl (C=O) groups is 1. The van der Waals surface area contributed by atoms with Gasteiger partial charge in [0, 0.05) is 13.1 Å². The lowest BCUT2D eigenvalue weighted by molar-refractivity contribution is 0.0302. The zero-order valence-corrected chi connectivity index (χ0v) is 9.24. The molecule has 2 bridgehead atoms. The summed E-state index contributed by atoms with van der Waals surface area (Å²) >= 11 is 0. The molecule has 3 heterocycles. The highest BCUT2D eigenvalue weighted by Gasteiger charge is 2.34. The molecule has 6 nitrogen and oxygen atoms in total. The normalized spacial score (nSPS) is 27.2. The number of aromatic carboxylic acids is 1. The van der Waals surface area contributed by atoms with Gasteiger partial charge in [-0.05, 0) is 12.8 Å². The third-order valence-electron chi connectivity index (χ3n) is 3.21. The van der Waals surface area contributed by atoms with Crippen molar-refractivity contribution in [2.45, 2.75) is 25.0 Å². The van der Waals surface area contributed by atoms with Crippen LogP contribution in [0, 0.1) is 0 Å². The molecule has 0 aromatic carbocycles. The Kier molecular flexibility index (Phi) is 2.44. The molecule has 0 amide bonds. The number of hydrogen-bond acceptors (Lipinski definition) is 5. The smallest absolute Gasteiger partial charge is 0.356 e. The summed E-state index contributed by atoms with van der Waals surface area (Å²) in [7, 11) is 0. The second kappa shape index (κ2) is 3.96. The predicted octanol–water partition coefficient (Wildman–Crippen LogP) is 0.542. The first kappa shape index (κ1) is 10.5. The highest BCUT2D eigenvalue weighted by molar-refractivity contribution is 5.85. The fourth-order valence-corrected chi connectivity index (χ4v) is 2.41. The number of nitrogens with zero attached hydrogens (tertiary/aromatic N) is 3. The monoisotopic (exact) mass is 235 g/mol. The maximum Gasteiger partial charge on any atom is 0.356 e. The van der Waals surface area contributed by atoms with Gasteiger partial charge in [0.25, 0.3) is 0 Å². The zero-order valence-electron chi connectivity index (χ0n) is 9.24. The van der Waals surface area contributed by atoms with Crippen molar-refractivity contribution in [2.75, 3.05) is 18.0 Å². The summed E-state index contributed by atoms with van der Waals surface area (Å²) in [6, 6.07) is 0. The number of anilines is 1. The molecule has 1 aromatic heterocycles. The minimum absolute atomic E-state index is 0.0126. The molecule has 0 saturated carbocycles. The van der Waals surface area contributed by atoms with E-state index in [1.54, 1.807) is 6.20 Å². The number of rotatable bonds is 2. The average Bonchev–Trinajstić information content (AvgIpc) is 2.68. The Bertz CT molecular complexity index is 439. The summed E-state index contributed by atoms with van der Waals surface area (Å²) in [5.74, 6) is -0.416. The van der Waals surface area contributed by atoms with Gasteiger partial charge in [0.05, 0.1) is 24.6 Å². The van der Waals surface area contributed by atoms with Crippen LogP contribution in [0.3, 0.4) is 0 Å². The quantitative estimate of drug-likeness (QED) is 0.806. The molecule has 17 heavy (non-hydrogen) atoms. The van der Waals surface area contributed by atoms with Crippen molar-refractivity contribution in [3.05, 3.63) is 18.1 Å². The number of morpholine rings is 1. The molecule has 2 atom stereocenters. The van der Waals surface area contributed by atoms with E-state index in [1.807, 2.05) is 0 Å². The van der Waals surface area contributed by atoms with Crippen molar-refractivity contribution in [3.63, 3.8) is 0 Å². The Morgan fingerprint density at radius 3 is 2.71 bits per heavy atom. The molecule has 90 valence electrons. The summed E-state index contributed by atoms with van der Waals surface area (Å²) in [4.78, 5) is 20.9. The minimum Gasteiger partial charge on any atom is -0.476 e. The first-order valence-electron chi connectivity index (χ1n) is 5.68. The number of hydrogen-bond donors (Lipinski definition) is 1. The van der Waals surface area contributed by atoms with Gasteiger partial charge >= 0.3 is 5.97 Å². The molecular weight excluding hydrogens is 222 g/mol. The van der Waals surface area contributed by atoms with Crippen LogP contribution in [0.4, 0.5) is 5.82 Å². The molecule has 2 fully saturated rings. The third kappa shape index (κ3) is 1.95. The number of fused-ring (bicyclic) bond motifs is 2. The number of carboxylic acids is 1. The van der Waals surface area contributed by atoms with Gasteiger partial charge in [0.15, 0.2) is 5.69 Å². The van der Waals surface area contributed by atoms with Crippen molar-refractivity contribution in [1.29, 1.82) is 0 Å². The van der Waals surface area contributed by atoms with E-state index in [9.17, 15) is 4.79 Å². The van der Waals surface area contributed by atoms with Crippen molar-refractivity contribution in [2.24, 2.45) is 0 Å². The average molecular weight is 235 g/mol. The predicted molar refractivity (Wildman–Crippen MR) is 59.1 cm³/mol. The van der Waals surface area contributed by atoms with Gasteiger partial charge in [0.2, 0.25) is 0 Å². The second-order valence-corrected chi connectivity index (χ2v) is 4.43. The highest BCUT2D eigenvalue weighted by atomic mass is 16.5. The van der Waals surface area contributed by atoms with Crippen molar-refractivity contribution < 1.29 is 14.6 Å². The lowest BCUT2D eigenvalue weighted by atomic mass is 10.2. The van der Waals surface area contributed by atoms with Crippen LogP contribution >= 0.6 is 0 Å². The van der Waals surface area contributed by atoms with E-state index < -0.39 is 5.97 Å². The van der Waals surface area contributed by atoms with Crippen LogP contribution in [0.1, 0.15) is 23.3 Å². The SMILES string of the molecule is O=C(O)c1cncc(N2CC3CCC(C2)O3)n1. The van der Waals surface area contributed by atoms with Crippen LogP contribution in [0.25, 0.3) is 0 Å². The highest BCUT2D eigenvalue weighted by Crippen LogP contribution is 2.28. The molecule has 6 heteroatoms. The summed E-state index contributed by atoms with van der Waals surface area (Å²) in [6.07, 6.45) is 5.53. The van der Waals surface area contributed by atoms with Crippen molar-refractivity contribution in [1.82, 2.24) is 9.97 Å². The third-order valence-corrected chi connectivity index (χ3v) is 3.21. The van der Waals surface area contributed by atoms with Gasteiger partial charge in [-0.3, -0.25) is 4.98 Å². The Labute approximate surface area is 98.2 Å². The van der Waals surface area contributed by atoms with Crippen molar-refractivity contribution in [3.8, 4) is 0 Å². The minimum atomic E-state index is -1.05. The van der Waals surface area contributed by atoms with Crippen LogP contribution in [-0.2, 0) is 4.74 Å². The van der Waals surface area contributed by atoms with Gasteiger partial charge < -0.3 is 14.7 Å². The zero-order chi connectivity index (χ0) is 11.8. The van der Waals surface area contributed by atoms with E-state index in [2.05, 4.69) is 14.9 Å². The summed E-state index contributed by atoms with van der Waals surface area (Å²) < 4.78 is 5.72. The fourth-order valence-electron chi connectivity index (χ4n) is 2.41. The summed E-state index contributed by atoms with van der Waals surface area (Å²) in [5, 5.41) is 8.88. The van der Waals surface area contributed by atoms with Gasteiger partial charge in [-0.1, -0.05) is 0 Å². The lowest BCUT2D eigenvalue weighted by Crippen LogP contribution is -2.43. The first-order chi connectivity index (χ1) is 8.22. The Balaban J connectivity index is 1.84. The van der Waals surface area contributed by atoms with E-state index >= 15 is 0 Å². The van der Waals surface area contributed by atoms with Crippen LogP contribution in [-0.4, -0.2) is 46.3 Å². The molecule has 3 rings (SSSR count). The second-order valence-electron chi connectivity index (χ2n) is 4.43. The summed E-state index contributed by atoms with van der Waals surface area (Å²) in [5.41, 5.74) is -0.0126. The first-order valence-corrected chi connectivity index (χ1v) is 5.68. The molecular formula is C11H13N3O3. The molecule has 0 radical (unpaired) electrons. The number of aromatic nitrogens is 2. The number of ether oxygens (including phenoxy) is 1. The van der Waals surface area contributed by atoms with Crippen LogP contribution in [0.15, 0.2) is 12.4 Å². The molecule has 2 aliphatic rings. The molecule has 2 saturated heterocycles. The molecule has 2 aliphatic heterocycles. The van der Waals surface area contributed by atoms with Crippen LogP contribution in [0.5, 0.6) is 0 Å². The molecule has 1 aromatic rings. The topological polar surface area (TPSA) is 75.5 Å². The van der Waals surface area contributed by atoms with Gasteiger partial charge in [0.1, 0.15) is 5.82 Å². The maximum absolute atomic E-state index is 10.8. The molecule has 1 N–H and O–H groups in total. The van der Waals surface area contributed by atoms with E-state index in [-0.39, 0.29) is 17.9 Å². The van der Waals surface area contributed by atoms with Crippen molar-refractivity contribution >= 4 is 11.8 Å². The van der Waals surface area contributed by atoms with E-state index in [0.29, 0.717) is 5.82 Å². The molecule has 2 unspecified atom stereocenters. The van der Waals surface area contributed by atoms with E-state index in [0.717, 1.165) is 25.9 Å². The van der Waals surface area contributed by atoms with E-state index in [4.69, 9.17) is 9.84 Å². The van der Waals surface area contributed by atoms with Gasteiger partial charge in [-0.2, -0.15) is 0 Å². The standard InChI is InChI=1S/C11H13N3O3/c15-11(16)9-3-12-4-10(13-9)14-5-7-1-2-8(6-14)17-7/h3-4,7-8H,1-2,5-6H2,(H,15,16). The van der Waals surface area contributed by atoms with E-state index in [1.165, 1.54) is 6.20 Å². The molecule has 0 spiro atoms. The van der Waals surface area contributed by atoms with Gasteiger partial charge in [-0.25, -0.2) is 9.78 Å². The molecule has 0 aliphatic carbocycles. The lowest BCUT2D eigenvalue weighted by Gasteiger charge is -2.32. The fraction of sp³-hybridized carbons (Fsp3) is 0.545. The Hall–Kier alpha value is -1.69. The Morgan fingerprint density at radius 1 is 1.35 bits per heavy atom. The van der Waals surface area contributed by atoms with Crippen LogP contribution < -0.4 is 4.90 Å². The summed E-state index contributed by atoms with van der Waals surface area (Å²) in [6.45, 7) is 1.54. The largest absolute Gasteiger partial charge is 0.476 e. The number of carboxylic acid groups (broad SMARTS) is 1. The maximum atomic E-state index is 10.8. The van der Waals surface area contributed by atoms with Gasteiger partial charge in [-0.15, -0.1) is 0 Å². The Morgan fingerprint density at radius 2 is 2.06 bits per heavy atom.